The lowest BCUT2D eigenvalue weighted by Crippen LogP contribution is -2.45. The van der Waals surface area contributed by atoms with E-state index >= 15 is 0 Å². The minimum absolute atomic E-state index is 0.215. The van der Waals surface area contributed by atoms with E-state index in [1.807, 2.05) is 6.26 Å². The van der Waals surface area contributed by atoms with E-state index in [2.05, 4.69) is 27.7 Å². The van der Waals surface area contributed by atoms with Gasteiger partial charge in [-0.2, -0.15) is 0 Å². The van der Waals surface area contributed by atoms with E-state index in [1.165, 1.54) is 11.8 Å². The Bertz CT molecular complexity index is 393. The molecule has 0 aliphatic carbocycles. The van der Waals surface area contributed by atoms with Gasteiger partial charge in [-0.25, -0.2) is 0 Å². The Labute approximate surface area is 155 Å². The number of ether oxygens (including phenoxy) is 5. The summed E-state index contributed by atoms with van der Waals surface area (Å²) in [6.45, 7) is 9.25. The Morgan fingerprint density at radius 1 is 1.00 bits per heavy atom. The highest BCUT2D eigenvalue weighted by Gasteiger charge is 2.50. The quantitative estimate of drug-likeness (QED) is 0.623. The van der Waals surface area contributed by atoms with E-state index in [0.717, 1.165) is 25.7 Å². The number of hydrogen-bond acceptors (Lipinski definition) is 7. The molecule has 5 nitrogen and oxygen atoms in total. The van der Waals surface area contributed by atoms with Gasteiger partial charge in [-0.1, -0.05) is 39.5 Å². The van der Waals surface area contributed by atoms with Crippen molar-refractivity contribution in [1.82, 2.24) is 0 Å². The van der Waals surface area contributed by atoms with Crippen LogP contribution in [0.2, 0.25) is 0 Å². The van der Waals surface area contributed by atoms with Crippen molar-refractivity contribution in [2.24, 2.45) is 0 Å². The molecule has 0 amide bonds. The Morgan fingerprint density at radius 3 is 1.71 bits per heavy atom. The van der Waals surface area contributed by atoms with Crippen LogP contribution in [-0.4, -0.2) is 53.7 Å². The minimum atomic E-state index is -0.528. The van der Waals surface area contributed by atoms with E-state index in [4.69, 9.17) is 35.9 Å². The summed E-state index contributed by atoms with van der Waals surface area (Å²) in [6.07, 6.45) is 4.35. The maximum absolute atomic E-state index is 6.25. The monoisotopic (exact) mass is 378 g/mol. The molecular formula is C17H30O5S2. The van der Waals surface area contributed by atoms with Gasteiger partial charge in [-0.3, -0.25) is 0 Å². The highest BCUT2D eigenvalue weighted by atomic mass is 32.2. The number of thioether (sulfide) groups is 1. The molecule has 0 unspecified atom stereocenters. The van der Waals surface area contributed by atoms with E-state index < -0.39 is 11.6 Å². The molecule has 0 spiro atoms. The summed E-state index contributed by atoms with van der Waals surface area (Å²) in [5.74, 6) is -1.06. The number of thiocarbonyl (C=S) groups is 1. The highest BCUT2D eigenvalue weighted by molar-refractivity contribution is 8.22. The molecule has 140 valence electrons. The van der Waals surface area contributed by atoms with Gasteiger partial charge in [-0.05, 0) is 44.2 Å². The van der Waals surface area contributed by atoms with Crippen LogP contribution in [0.3, 0.4) is 0 Å². The average molecular weight is 379 g/mol. The van der Waals surface area contributed by atoms with Gasteiger partial charge >= 0.3 is 0 Å². The lowest BCUT2D eigenvalue weighted by atomic mass is 10.1. The number of rotatable bonds is 7. The molecule has 2 saturated heterocycles. The second-order valence-corrected chi connectivity index (χ2v) is 7.62. The predicted octanol–water partition coefficient (Wildman–Crippen LogP) is 3.88. The van der Waals surface area contributed by atoms with Gasteiger partial charge < -0.3 is 23.7 Å². The van der Waals surface area contributed by atoms with Gasteiger partial charge in [0.2, 0.25) is 4.38 Å². The molecule has 0 saturated carbocycles. The predicted molar refractivity (Wildman–Crippen MR) is 99.3 cm³/mol. The molecule has 0 aromatic carbocycles. The van der Waals surface area contributed by atoms with E-state index in [-0.39, 0.29) is 18.3 Å². The first kappa shape index (κ1) is 20.4. The van der Waals surface area contributed by atoms with Crippen molar-refractivity contribution in [3.05, 3.63) is 0 Å². The summed E-state index contributed by atoms with van der Waals surface area (Å²) in [4.78, 5) is 0. The third kappa shape index (κ3) is 4.24. The van der Waals surface area contributed by atoms with Crippen molar-refractivity contribution in [2.45, 2.75) is 83.3 Å². The molecule has 0 bridgehead atoms. The molecule has 24 heavy (non-hydrogen) atoms. The first-order chi connectivity index (χ1) is 11.5. The smallest absolute Gasteiger partial charge is 0.220 e. The van der Waals surface area contributed by atoms with Crippen LogP contribution in [0.15, 0.2) is 0 Å². The van der Waals surface area contributed by atoms with E-state index in [1.54, 1.807) is 0 Å². The zero-order chi connectivity index (χ0) is 17.8. The lowest BCUT2D eigenvalue weighted by molar-refractivity contribution is -0.202. The molecule has 2 fully saturated rings. The van der Waals surface area contributed by atoms with Gasteiger partial charge in [0.1, 0.15) is 12.2 Å². The van der Waals surface area contributed by atoms with Crippen LogP contribution >= 0.6 is 24.0 Å². The summed E-state index contributed by atoms with van der Waals surface area (Å²) in [5, 5.41) is 0. The van der Waals surface area contributed by atoms with Crippen molar-refractivity contribution in [1.29, 1.82) is 0 Å². The molecule has 0 radical (unpaired) electrons. The maximum atomic E-state index is 6.25. The van der Waals surface area contributed by atoms with Crippen LogP contribution in [-0.2, 0) is 23.7 Å². The van der Waals surface area contributed by atoms with Crippen molar-refractivity contribution < 1.29 is 23.7 Å². The zero-order valence-corrected chi connectivity index (χ0v) is 17.0. The fourth-order valence-corrected chi connectivity index (χ4v) is 3.59. The summed E-state index contributed by atoms with van der Waals surface area (Å²) in [5.41, 5.74) is 0. The largest absolute Gasteiger partial charge is 0.470 e. The van der Waals surface area contributed by atoms with Gasteiger partial charge in [-0.15, -0.1) is 0 Å². The molecule has 2 aliphatic heterocycles. The highest BCUT2D eigenvalue weighted by Crippen LogP contribution is 2.37. The molecule has 0 aromatic rings. The van der Waals surface area contributed by atoms with Crippen molar-refractivity contribution in [2.75, 3.05) is 19.5 Å². The fourth-order valence-electron chi connectivity index (χ4n) is 3.27. The standard InChI is InChI=1S/C17H30O5S2/c1-6-16(7-2)18-10-12(21-16)14(20-15(23)24-5)13-11-19-17(8-3,9-4)22-13/h12-14H,6-11H2,1-5H3/t12-,13-/m1/s1. The van der Waals surface area contributed by atoms with E-state index in [0.29, 0.717) is 17.6 Å². The van der Waals surface area contributed by atoms with E-state index in [9.17, 15) is 0 Å². The molecule has 2 heterocycles. The third-order valence-corrected chi connectivity index (χ3v) is 6.07. The summed E-state index contributed by atoms with van der Waals surface area (Å²) in [6, 6.07) is 0. The fraction of sp³-hybridized carbons (Fsp3) is 0.941. The van der Waals surface area contributed by atoms with Crippen LogP contribution in [0, 0.1) is 0 Å². The summed E-state index contributed by atoms with van der Waals surface area (Å²) in [7, 11) is 0. The van der Waals surface area contributed by atoms with Gasteiger partial charge in [0.15, 0.2) is 17.7 Å². The minimum Gasteiger partial charge on any atom is -0.470 e. The number of hydrogen-bond donors (Lipinski definition) is 0. The molecule has 2 aliphatic rings. The normalized spacial score (nSPS) is 28.4. The summed E-state index contributed by atoms with van der Waals surface area (Å²) < 4.78 is 30.9. The van der Waals surface area contributed by atoms with Crippen LogP contribution in [0.1, 0.15) is 53.4 Å². The lowest BCUT2D eigenvalue weighted by Gasteiger charge is -2.31. The second kappa shape index (κ2) is 8.64. The van der Waals surface area contributed by atoms with Gasteiger partial charge in [0.05, 0.1) is 13.2 Å². The van der Waals surface area contributed by atoms with Crippen LogP contribution in [0.25, 0.3) is 0 Å². The molecule has 2 rings (SSSR count). The first-order valence-electron chi connectivity index (χ1n) is 8.85. The van der Waals surface area contributed by atoms with Crippen molar-refractivity contribution in [3.63, 3.8) is 0 Å². The van der Waals surface area contributed by atoms with Crippen LogP contribution in [0.4, 0.5) is 0 Å². The average Bonchev–Trinajstić information content (AvgIpc) is 3.25. The molecule has 2 atom stereocenters. The third-order valence-electron chi connectivity index (χ3n) is 5.04. The first-order valence-corrected chi connectivity index (χ1v) is 10.5. The summed E-state index contributed by atoms with van der Waals surface area (Å²) >= 11 is 6.69. The van der Waals surface area contributed by atoms with Gasteiger partial charge in [0, 0.05) is 0 Å². The Balaban J connectivity index is 2.13. The maximum Gasteiger partial charge on any atom is 0.220 e. The Hall–Kier alpha value is 0.0800. The Morgan fingerprint density at radius 2 is 1.42 bits per heavy atom. The molecule has 0 aromatic heterocycles. The Kier molecular flexibility index (Phi) is 7.34. The SMILES string of the molecule is CCC1(CC)OC[C@H](C(OC(=S)SC)[C@H]2COC(CC)(CC)O2)O1. The molecule has 0 N–H and O–H groups in total. The zero-order valence-electron chi connectivity index (χ0n) is 15.3. The van der Waals surface area contributed by atoms with Crippen LogP contribution < -0.4 is 0 Å². The topological polar surface area (TPSA) is 46.2 Å². The van der Waals surface area contributed by atoms with Crippen molar-refractivity contribution >= 4 is 28.4 Å². The van der Waals surface area contributed by atoms with Gasteiger partial charge in [0.25, 0.3) is 0 Å². The molecular weight excluding hydrogens is 348 g/mol. The van der Waals surface area contributed by atoms with Crippen LogP contribution in [0.5, 0.6) is 0 Å². The molecule has 7 heteroatoms. The van der Waals surface area contributed by atoms with Crippen molar-refractivity contribution in [3.8, 4) is 0 Å². The second-order valence-electron chi connectivity index (χ2n) is 6.21.